The molecule has 1 aromatic carbocycles. The molecule has 0 fully saturated rings. The molecule has 0 aliphatic rings. The second-order valence-electron chi connectivity index (χ2n) is 4.18. The van der Waals surface area contributed by atoms with Gasteiger partial charge < -0.3 is 5.32 Å². The zero-order valence-corrected chi connectivity index (χ0v) is 12.3. The van der Waals surface area contributed by atoms with E-state index in [9.17, 15) is 19.3 Å². The topological polar surface area (TPSA) is 114 Å². The highest BCUT2D eigenvalue weighted by atomic mass is 32.2. The number of aromatic amines is 1. The van der Waals surface area contributed by atoms with E-state index in [4.69, 9.17) is 0 Å². The molecule has 8 nitrogen and oxygen atoms in total. The fraction of sp³-hybridized carbons (Fsp3) is 0.250. The zero-order chi connectivity index (χ0) is 16.1. The number of rotatable bonds is 6. The smallest absolute Gasteiger partial charge is 0.306 e. The predicted octanol–water partition coefficient (Wildman–Crippen LogP) is 2.15. The first kappa shape index (κ1) is 15.9. The van der Waals surface area contributed by atoms with E-state index in [0.717, 1.165) is 29.7 Å². The lowest BCUT2D eigenvalue weighted by molar-refractivity contribution is -0.387. The van der Waals surface area contributed by atoms with Gasteiger partial charge in [0.05, 0.1) is 10.7 Å². The molecule has 116 valence electrons. The maximum atomic E-state index is 13.2. The molecule has 0 saturated carbocycles. The van der Waals surface area contributed by atoms with Gasteiger partial charge >= 0.3 is 5.69 Å². The van der Waals surface area contributed by atoms with E-state index in [2.05, 4.69) is 20.5 Å². The van der Waals surface area contributed by atoms with Gasteiger partial charge in [0.1, 0.15) is 5.82 Å². The summed E-state index contributed by atoms with van der Waals surface area (Å²) in [5.74, 6) is -0.595. The summed E-state index contributed by atoms with van der Waals surface area (Å²) < 4.78 is 13.2. The lowest BCUT2D eigenvalue weighted by atomic mass is 10.2. The highest BCUT2D eigenvalue weighted by Crippen LogP contribution is 2.22. The molecule has 2 aromatic rings. The van der Waals surface area contributed by atoms with Gasteiger partial charge in [0.25, 0.3) is 0 Å². The maximum Gasteiger partial charge on any atom is 0.306 e. The van der Waals surface area contributed by atoms with Crippen molar-refractivity contribution in [2.75, 3.05) is 11.1 Å². The molecule has 0 unspecified atom stereocenters. The van der Waals surface area contributed by atoms with Crippen LogP contribution < -0.4 is 5.32 Å². The first-order valence-corrected chi connectivity index (χ1v) is 7.26. The molecule has 22 heavy (non-hydrogen) atoms. The molecule has 2 rings (SSSR count). The van der Waals surface area contributed by atoms with Gasteiger partial charge in [-0.1, -0.05) is 18.7 Å². The lowest BCUT2D eigenvalue weighted by Crippen LogP contribution is -2.14. The number of H-pyrrole nitrogens is 1. The fourth-order valence-electron chi connectivity index (χ4n) is 1.56. The van der Waals surface area contributed by atoms with Gasteiger partial charge in [-0.05, 0) is 12.1 Å². The third kappa shape index (κ3) is 4.01. The number of aryl methyl sites for hydroxylation is 1. The predicted molar refractivity (Wildman–Crippen MR) is 78.2 cm³/mol. The average molecular weight is 325 g/mol. The summed E-state index contributed by atoms with van der Waals surface area (Å²) in [5, 5.41) is 20.2. The van der Waals surface area contributed by atoms with E-state index < -0.39 is 22.3 Å². The van der Waals surface area contributed by atoms with Gasteiger partial charge in [0, 0.05) is 18.2 Å². The number of halogens is 1. The van der Waals surface area contributed by atoms with E-state index in [1.807, 2.05) is 6.92 Å². The summed E-state index contributed by atoms with van der Waals surface area (Å²) in [6, 6.07) is 3.16. The van der Waals surface area contributed by atoms with Gasteiger partial charge in [-0.25, -0.2) is 4.98 Å². The van der Waals surface area contributed by atoms with Crippen LogP contribution in [0.2, 0.25) is 0 Å². The number of hydrogen-bond donors (Lipinski definition) is 2. The van der Waals surface area contributed by atoms with Gasteiger partial charge in [-0.2, -0.15) is 4.39 Å². The van der Waals surface area contributed by atoms with Crippen molar-refractivity contribution >= 4 is 29.0 Å². The van der Waals surface area contributed by atoms with Crippen LogP contribution >= 0.6 is 11.8 Å². The number of amides is 1. The number of nitro groups is 1. The number of aromatic nitrogens is 3. The Hall–Kier alpha value is -2.49. The second-order valence-corrected chi connectivity index (χ2v) is 5.12. The van der Waals surface area contributed by atoms with Gasteiger partial charge in [-0.15, -0.1) is 5.10 Å². The van der Waals surface area contributed by atoms with Crippen LogP contribution in [0.15, 0.2) is 23.4 Å². The van der Waals surface area contributed by atoms with Crippen LogP contribution in [-0.4, -0.2) is 31.8 Å². The molecule has 0 radical (unpaired) electrons. The van der Waals surface area contributed by atoms with Crippen LogP contribution in [0.5, 0.6) is 0 Å². The highest BCUT2D eigenvalue weighted by Gasteiger charge is 2.15. The SMILES string of the molecule is CCc1nc(SCC(=O)Nc2ccc(F)c([N+](=O)[O-])c2)n[nH]1. The number of thioether (sulfide) groups is 1. The van der Waals surface area contributed by atoms with Crippen LogP contribution in [0, 0.1) is 15.9 Å². The number of nitrogens with one attached hydrogen (secondary N) is 2. The number of nitrogens with zero attached hydrogens (tertiary/aromatic N) is 3. The Morgan fingerprint density at radius 2 is 2.32 bits per heavy atom. The number of hydrogen-bond acceptors (Lipinski definition) is 6. The van der Waals surface area contributed by atoms with Crippen molar-refractivity contribution in [3.05, 3.63) is 40.0 Å². The van der Waals surface area contributed by atoms with Gasteiger partial charge in [0.15, 0.2) is 0 Å². The Balaban J connectivity index is 1.94. The van der Waals surface area contributed by atoms with Crippen molar-refractivity contribution < 1.29 is 14.1 Å². The summed E-state index contributed by atoms with van der Waals surface area (Å²) in [6.07, 6.45) is 0.707. The summed E-state index contributed by atoms with van der Waals surface area (Å²) in [4.78, 5) is 25.7. The molecule has 0 atom stereocenters. The minimum absolute atomic E-state index is 0.0339. The first-order chi connectivity index (χ1) is 10.5. The molecule has 0 bridgehead atoms. The monoisotopic (exact) mass is 325 g/mol. The summed E-state index contributed by atoms with van der Waals surface area (Å²) in [6.45, 7) is 1.92. The molecule has 10 heteroatoms. The number of benzene rings is 1. The molecule has 1 aromatic heterocycles. The minimum Gasteiger partial charge on any atom is -0.325 e. The molecule has 0 spiro atoms. The largest absolute Gasteiger partial charge is 0.325 e. The third-order valence-corrected chi connectivity index (χ3v) is 3.45. The number of carbonyl (C=O) groups is 1. The molecule has 2 N–H and O–H groups in total. The minimum atomic E-state index is -0.954. The molecular weight excluding hydrogens is 313 g/mol. The quantitative estimate of drug-likeness (QED) is 0.478. The van der Waals surface area contributed by atoms with Crippen LogP contribution in [0.3, 0.4) is 0 Å². The molecular formula is C12H12FN5O3S. The van der Waals surface area contributed by atoms with Crippen LogP contribution in [0.4, 0.5) is 15.8 Å². The molecule has 0 aliphatic heterocycles. The molecule has 1 heterocycles. The Morgan fingerprint density at radius 1 is 1.55 bits per heavy atom. The van der Waals surface area contributed by atoms with E-state index in [-0.39, 0.29) is 11.4 Å². The van der Waals surface area contributed by atoms with Crippen molar-refractivity contribution in [3.63, 3.8) is 0 Å². The van der Waals surface area contributed by atoms with E-state index in [1.54, 1.807) is 0 Å². The highest BCUT2D eigenvalue weighted by molar-refractivity contribution is 7.99. The molecule has 0 aliphatic carbocycles. The lowest BCUT2D eigenvalue weighted by Gasteiger charge is -2.04. The van der Waals surface area contributed by atoms with Crippen molar-refractivity contribution in [1.29, 1.82) is 0 Å². The average Bonchev–Trinajstić information content (AvgIpc) is 2.95. The number of anilines is 1. The normalized spacial score (nSPS) is 10.5. The Bertz CT molecular complexity index is 706. The van der Waals surface area contributed by atoms with Crippen molar-refractivity contribution in [2.24, 2.45) is 0 Å². The summed E-state index contributed by atoms with van der Waals surface area (Å²) in [5.41, 5.74) is -0.532. The maximum absolute atomic E-state index is 13.2. The van der Waals surface area contributed by atoms with Gasteiger partial charge in [0.2, 0.25) is 16.9 Å². The Labute approximate surface area is 128 Å². The van der Waals surface area contributed by atoms with Crippen LogP contribution in [0.25, 0.3) is 0 Å². The standard InChI is InChI=1S/C12H12FN5O3S/c1-2-10-15-12(17-16-10)22-6-11(19)14-7-3-4-8(13)9(5-7)18(20)21/h3-5H,2,6H2,1H3,(H,14,19)(H,15,16,17). The van der Waals surface area contributed by atoms with Crippen LogP contribution in [-0.2, 0) is 11.2 Å². The molecule has 0 saturated heterocycles. The summed E-state index contributed by atoms with van der Waals surface area (Å²) >= 11 is 1.12. The number of nitro benzene ring substituents is 1. The van der Waals surface area contributed by atoms with Crippen LogP contribution in [0.1, 0.15) is 12.7 Å². The van der Waals surface area contributed by atoms with E-state index in [0.29, 0.717) is 11.6 Å². The second kappa shape index (κ2) is 6.98. The van der Waals surface area contributed by atoms with Crippen molar-refractivity contribution in [3.8, 4) is 0 Å². The molecule has 1 amide bonds. The third-order valence-electron chi connectivity index (χ3n) is 2.61. The van der Waals surface area contributed by atoms with Gasteiger partial charge in [-0.3, -0.25) is 20.0 Å². The van der Waals surface area contributed by atoms with E-state index >= 15 is 0 Å². The van der Waals surface area contributed by atoms with Crippen molar-refractivity contribution in [1.82, 2.24) is 15.2 Å². The summed E-state index contributed by atoms with van der Waals surface area (Å²) in [7, 11) is 0. The Kier molecular flexibility index (Phi) is 5.04. The van der Waals surface area contributed by atoms with E-state index in [1.165, 1.54) is 6.07 Å². The number of carbonyl (C=O) groups excluding carboxylic acids is 1. The first-order valence-electron chi connectivity index (χ1n) is 6.27. The fourth-order valence-corrected chi connectivity index (χ4v) is 2.18. The zero-order valence-electron chi connectivity index (χ0n) is 11.5. The Morgan fingerprint density at radius 3 is 2.95 bits per heavy atom. The van der Waals surface area contributed by atoms with Crippen molar-refractivity contribution in [2.45, 2.75) is 18.5 Å².